The third kappa shape index (κ3) is 8.58. The van der Waals surface area contributed by atoms with Crippen molar-refractivity contribution >= 4 is 12.1 Å². The van der Waals surface area contributed by atoms with E-state index in [0.717, 1.165) is 25.7 Å². The quantitative estimate of drug-likeness (QED) is 0.850. The van der Waals surface area contributed by atoms with Crippen molar-refractivity contribution in [3.05, 3.63) is 0 Å². The van der Waals surface area contributed by atoms with Gasteiger partial charge in [0.1, 0.15) is 5.60 Å². The van der Waals surface area contributed by atoms with E-state index in [1.165, 1.54) is 0 Å². The average molecular weight is 301 g/mol. The van der Waals surface area contributed by atoms with Crippen LogP contribution in [0.1, 0.15) is 73.1 Å². The molecule has 0 spiro atoms. The first-order valence-corrected chi connectivity index (χ1v) is 8.01. The zero-order chi connectivity index (χ0) is 16.5. The van der Waals surface area contributed by atoms with Crippen LogP contribution in [0.2, 0.25) is 0 Å². The molecule has 1 atom stereocenters. The summed E-state index contributed by atoms with van der Waals surface area (Å²) in [4.78, 5) is 24.4. The first-order chi connectivity index (χ1) is 9.79. The number of amides is 1. The first-order valence-electron chi connectivity index (χ1n) is 8.01. The summed E-state index contributed by atoms with van der Waals surface area (Å²) >= 11 is 0. The molecule has 5 nitrogen and oxygen atoms in total. The van der Waals surface area contributed by atoms with Crippen molar-refractivity contribution < 1.29 is 19.4 Å². The molecule has 1 amide bonds. The number of nitrogens with zero attached hydrogens (tertiary/aromatic N) is 1. The molecular formula is C16H31NO4. The molecule has 1 rings (SSSR count). The highest BCUT2D eigenvalue weighted by Crippen LogP contribution is 2.23. The van der Waals surface area contributed by atoms with Gasteiger partial charge in [0.25, 0.3) is 0 Å². The molecule has 0 bridgehead atoms. The van der Waals surface area contributed by atoms with Gasteiger partial charge in [-0.25, -0.2) is 4.79 Å². The summed E-state index contributed by atoms with van der Waals surface area (Å²) in [5, 5.41) is 8.67. The van der Waals surface area contributed by atoms with Crippen LogP contribution in [0.4, 0.5) is 4.79 Å². The van der Waals surface area contributed by atoms with E-state index in [2.05, 4.69) is 0 Å². The van der Waals surface area contributed by atoms with Gasteiger partial charge in [-0.1, -0.05) is 13.8 Å². The second kappa shape index (κ2) is 9.64. The number of carbonyl (C=O) groups excluding carboxylic acids is 1. The molecule has 0 saturated carbocycles. The third-order valence-corrected chi connectivity index (χ3v) is 3.18. The molecule has 1 N–H and O–H groups in total. The van der Waals surface area contributed by atoms with Gasteiger partial charge in [-0.3, -0.25) is 4.79 Å². The van der Waals surface area contributed by atoms with E-state index in [9.17, 15) is 9.59 Å². The number of aliphatic carboxylic acids is 1. The number of carboxylic acids is 1. The molecular weight excluding hydrogens is 270 g/mol. The maximum Gasteiger partial charge on any atom is 0.410 e. The zero-order valence-electron chi connectivity index (χ0n) is 14.1. The fourth-order valence-corrected chi connectivity index (χ4v) is 2.35. The maximum atomic E-state index is 12.1. The standard InChI is InChI=1S/C14H25NO4.C2H6/c1-14(2,3)19-13(18)15-10-5-4-7-11(15)8-6-9-12(16)17;1-2/h11H,4-10H2,1-3H3,(H,16,17);1-2H3. The number of carbonyl (C=O) groups is 2. The minimum Gasteiger partial charge on any atom is -0.481 e. The van der Waals surface area contributed by atoms with E-state index in [1.807, 2.05) is 34.6 Å². The van der Waals surface area contributed by atoms with E-state index < -0.39 is 11.6 Å². The van der Waals surface area contributed by atoms with E-state index in [-0.39, 0.29) is 18.6 Å². The normalized spacial score (nSPS) is 18.5. The summed E-state index contributed by atoms with van der Waals surface area (Å²) in [6, 6.07) is 0.128. The Labute approximate surface area is 128 Å². The van der Waals surface area contributed by atoms with Gasteiger partial charge in [-0.2, -0.15) is 0 Å². The van der Waals surface area contributed by atoms with Gasteiger partial charge in [0.05, 0.1) is 0 Å². The number of ether oxygens (including phenoxy) is 1. The lowest BCUT2D eigenvalue weighted by molar-refractivity contribution is -0.137. The van der Waals surface area contributed by atoms with E-state index in [0.29, 0.717) is 13.0 Å². The van der Waals surface area contributed by atoms with Crippen LogP contribution < -0.4 is 0 Å². The van der Waals surface area contributed by atoms with Gasteiger partial charge in [-0.05, 0) is 52.9 Å². The van der Waals surface area contributed by atoms with Crippen LogP contribution in [0.5, 0.6) is 0 Å². The summed E-state index contributed by atoms with van der Waals surface area (Å²) in [6.07, 6.45) is 4.28. The van der Waals surface area contributed by atoms with Gasteiger partial charge in [0.15, 0.2) is 0 Å². The van der Waals surface area contributed by atoms with Crippen LogP contribution >= 0.6 is 0 Å². The Morgan fingerprint density at radius 1 is 1.24 bits per heavy atom. The van der Waals surface area contributed by atoms with Crippen molar-refractivity contribution in [2.24, 2.45) is 0 Å². The summed E-state index contributed by atoms with van der Waals surface area (Å²) in [7, 11) is 0. The molecule has 1 heterocycles. The first kappa shape index (κ1) is 19.7. The Bertz CT molecular complexity index is 323. The van der Waals surface area contributed by atoms with Gasteiger partial charge in [0, 0.05) is 19.0 Å². The monoisotopic (exact) mass is 301 g/mol. The smallest absolute Gasteiger partial charge is 0.410 e. The van der Waals surface area contributed by atoms with Crippen molar-refractivity contribution in [2.45, 2.75) is 84.8 Å². The largest absolute Gasteiger partial charge is 0.481 e. The van der Waals surface area contributed by atoms with Crippen molar-refractivity contribution in [1.82, 2.24) is 4.90 Å². The van der Waals surface area contributed by atoms with E-state index >= 15 is 0 Å². The highest BCUT2D eigenvalue weighted by molar-refractivity contribution is 5.69. The van der Waals surface area contributed by atoms with Crippen LogP contribution in [0.15, 0.2) is 0 Å². The molecule has 1 fully saturated rings. The Kier molecular flexibility index (Phi) is 9.06. The Hall–Kier alpha value is -1.26. The molecule has 1 aliphatic rings. The molecule has 0 aromatic rings. The molecule has 1 saturated heterocycles. The van der Waals surface area contributed by atoms with Crippen molar-refractivity contribution in [3.8, 4) is 0 Å². The summed E-state index contributed by atoms with van der Waals surface area (Å²) in [6.45, 7) is 10.3. The minimum absolute atomic E-state index is 0.128. The molecule has 1 aliphatic heterocycles. The van der Waals surface area contributed by atoms with Crippen LogP contribution in [-0.2, 0) is 9.53 Å². The number of hydrogen-bond acceptors (Lipinski definition) is 3. The van der Waals surface area contributed by atoms with Crippen molar-refractivity contribution in [1.29, 1.82) is 0 Å². The van der Waals surface area contributed by atoms with Crippen LogP contribution in [0, 0.1) is 0 Å². The maximum absolute atomic E-state index is 12.1. The summed E-state index contributed by atoms with van der Waals surface area (Å²) in [5.74, 6) is -0.778. The molecule has 0 aliphatic carbocycles. The van der Waals surface area contributed by atoms with Crippen molar-refractivity contribution in [3.63, 3.8) is 0 Å². The van der Waals surface area contributed by atoms with E-state index in [1.54, 1.807) is 4.90 Å². The molecule has 124 valence electrons. The molecule has 1 unspecified atom stereocenters. The molecule has 5 heteroatoms. The fraction of sp³-hybridized carbons (Fsp3) is 0.875. The summed E-state index contributed by atoms with van der Waals surface area (Å²) < 4.78 is 5.41. The lowest BCUT2D eigenvalue weighted by Crippen LogP contribution is -2.46. The Morgan fingerprint density at radius 2 is 1.86 bits per heavy atom. The number of piperidine rings is 1. The summed E-state index contributed by atoms with van der Waals surface area (Å²) in [5.41, 5.74) is -0.486. The van der Waals surface area contributed by atoms with Crippen molar-refractivity contribution in [2.75, 3.05) is 6.54 Å². The Morgan fingerprint density at radius 3 is 2.38 bits per heavy atom. The number of likely N-dealkylation sites (tertiary alicyclic amines) is 1. The minimum atomic E-state index is -0.778. The second-order valence-electron chi connectivity index (χ2n) is 6.11. The number of rotatable bonds is 4. The molecule has 0 radical (unpaired) electrons. The zero-order valence-corrected chi connectivity index (χ0v) is 14.1. The predicted molar refractivity (Wildman–Crippen MR) is 83.4 cm³/mol. The van der Waals surface area contributed by atoms with E-state index in [4.69, 9.17) is 9.84 Å². The lowest BCUT2D eigenvalue weighted by Gasteiger charge is -2.36. The lowest BCUT2D eigenvalue weighted by atomic mass is 9.97. The second-order valence-corrected chi connectivity index (χ2v) is 6.11. The molecule has 0 aromatic heterocycles. The SMILES string of the molecule is CC.CC(C)(C)OC(=O)N1CCCCC1CCCC(=O)O. The van der Waals surface area contributed by atoms with Crippen LogP contribution in [-0.4, -0.2) is 40.3 Å². The average Bonchev–Trinajstić information content (AvgIpc) is 2.39. The van der Waals surface area contributed by atoms with Crippen LogP contribution in [0.3, 0.4) is 0 Å². The Balaban J connectivity index is 0.00000191. The van der Waals surface area contributed by atoms with Gasteiger partial charge >= 0.3 is 12.1 Å². The topological polar surface area (TPSA) is 66.8 Å². The number of hydrogen-bond donors (Lipinski definition) is 1. The van der Waals surface area contributed by atoms with Gasteiger partial charge in [-0.15, -0.1) is 0 Å². The van der Waals surface area contributed by atoms with Gasteiger partial charge < -0.3 is 14.7 Å². The fourth-order valence-electron chi connectivity index (χ4n) is 2.35. The molecule has 21 heavy (non-hydrogen) atoms. The van der Waals surface area contributed by atoms with Crippen LogP contribution in [0.25, 0.3) is 0 Å². The number of carboxylic acid groups (broad SMARTS) is 1. The highest BCUT2D eigenvalue weighted by atomic mass is 16.6. The highest BCUT2D eigenvalue weighted by Gasteiger charge is 2.30. The molecule has 0 aromatic carbocycles. The third-order valence-electron chi connectivity index (χ3n) is 3.18. The van der Waals surface area contributed by atoms with Gasteiger partial charge in [0.2, 0.25) is 0 Å². The predicted octanol–water partition coefficient (Wildman–Crippen LogP) is 4.06.